The van der Waals surface area contributed by atoms with Crippen LogP contribution in [0.2, 0.25) is 10.0 Å². The molecule has 0 atom stereocenters. The van der Waals surface area contributed by atoms with Crippen molar-refractivity contribution in [2.45, 2.75) is 79.1 Å². The molecular formula is C48H40Cl2N2O4. The van der Waals surface area contributed by atoms with Crippen molar-refractivity contribution in [1.82, 2.24) is 0 Å². The van der Waals surface area contributed by atoms with Gasteiger partial charge in [0.25, 0.3) is 23.6 Å². The van der Waals surface area contributed by atoms with Crippen molar-refractivity contribution in [2.24, 2.45) is 0 Å². The third-order valence-corrected chi connectivity index (χ3v) is 12.5. The van der Waals surface area contributed by atoms with E-state index in [1.165, 1.54) is 9.80 Å². The van der Waals surface area contributed by atoms with E-state index in [0.717, 1.165) is 22.3 Å². The van der Waals surface area contributed by atoms with E-state index in [1.807, 2.05) is 48.5 Å². The molecule has 7 aromatic rings. The van der Waals surface area contributed by atoms with Gasteiger partial charge in [-0.05, 0) is 86.3 Å². The number of halogens is 2. The first-order chi connectivity index (χ1) is 26.6. The van der Waals surface area contributed by atoms with Crippen LogP contribution < -0.4 is 9.80 Å². The molecule has 0 spiro atoms. The Morgan fingerprint density at radius 3 is 1.05 bits per heavy atom. The van der Waals surface area contributed by atoms with Crippen LogP contribution in [-0.2, 0) is 0 Å². The molecule has 2 heterocycles. The smallest absolute Gasteiger partial charge is 0.266 e. The highest BCUT2D eigenvalue weighted by atomic mass is 35.5. The SMILES string of the molecule is CC(C)c1cccc(C(C)C)c1N1C(=O)c2ccc3c4c(Cl)cc5c6c(cc(Cl)c(c7ccc(c2c37)C1=O)c64)C(=O)N(c1c(C(C)C)cccc1C(C)C)C5=O. The summed E-state index contributed by atoms with van der Waals surface area (Å²) in [6, 6.07) is 22.5. The molecule has 0 radical (unpaired) electrons. The average Bonchev–Trinajstić information content (AvgIpc) is 3.15. The molecule has 0 aromatic heterocycles. The summed E-state index contributed by atoms with van der Waals surface area (Å²) in [6.07, 6.45) is 0. The van der Waals surface area contributed by atoms with Gasteiger partial charge in [-0.3, -0.25) is 19.2 Å². The van der Waals surface area contributed by atoms with Gasteiger partial charge in [-0.25, -0.2) is 9.80 Å². The summed E-state index contributed by atoms with van der Waals surface area (Å²) in [7, 11) is 0. The van der Waals surface area contributed by atoms with Crippen molar-refractivity contribution < 1.29 is 19.2 Å². The van der Waals surface area contributed by atoms with Gasteiger partial charge in [0, 0.05) is 48.1 Å². The Morgan fingerprint density at radius 2 is 0.714 bits per heavy atom. The number of imide groups is 2. The number of para-hydroxylation sites is 2. The van der Waals surface area contributed by atoms with Crippen LogP contribution in [0.1, 0.15) is 143 Å². The summed E-state index contributed by atoms with van der Waals surface area (Å²) in [5.41, 5.74) is 6.32. The second-order valence-electron chi connectivity index (χ2n) is 16.5. The number of fused-ring (bicyclic) bond motifs is 2. The largest absolute Gasteiger partial charge is 0.268 e. The van der Waals surface area contributed by atoms with E-state index in [0.29, 0.717) is 86.8 Å². The number of carbonyl (C=O) groups is 4. The van der Waals surface area contributed by atoms with Crippen molar-refractivity contribution in [3.05, 3.63) is 127 Å². The third kappa shape index (κ3) is 4.75. The Labute approximate surface area is 335 Å². The van der Waals surface area contributed by atoms with E-state index in [1.54, 1.807) is 24.3 Å². The van der Waals surface area contributed by atoms with Crippen LogP contribution in [0.25, 0.3) is 43.1 Å². The second kappa shape index (κ2) is 12.6. The Hall–Kier alpha value is -5.30. The highest BCUT2D eigenvalue weighted by Crippen LogP contribution is 2.52. The molecule has 9 rings (SSSR count). The highest BCUT2D eigenvalue weighted by molar-refractivity contribution is 6.52. The second-order valence-corrected chi connectivity index (χ2v) is 17.3. The first kappa shape index (κ1) is 36.3. The zero-order chi connectivity index (χ0) is 39.8. The van der Waals surface area contributed by atoms with E-state index in [9.17, 15) is 19.2 Å². The van der Waals surface area contributed by atoms with Crippen LogP contribution in [0, 0.1) is 0 Å². The van der Waals surface area contributed by atoms with Crippen LogP contribution in [0.3, 0.4) is 0 Å². The molecule has 56 heavy (non-hydrogen) atoms. The number of benzene rings is 7. The topological polar surface area (TPSA) is 74.8 Å². The van der Waals surface area contributed by atoms with Crippen molar-refractivity contribution in [1.29, 1.82) is 0 Å². The zero-order valence-electron chi connectivity index (χ0n) is 32.5. The van der Waals surface area contributed by atoms with Crippen LogP contribution in [0.4, 0.5) is 11.4 Å². The van der Waals surface area contributed by atoms with E-state index < -0.39 is 23.6 Å². The van der Waals surface area contributed by atoms with Crippen molar-refractivity contribution in [3.8, 4) is 0 Å². The van der Waals surface area contributed by atoms with Gasteiger partial charge in [0.15, 0.2) is 0 Å². The van der Waals surface area contributed by atoms with Crippen molar-refractivity contribution in [3.63, 3.8) is 0 Å². The molecule has 2 aliphatic heterocycles. The van der Waals surface area contributed by atoms with E-state index >= 15 is 0 Å². The lowest BCUT2D eigenvalue weighted by Gasteiger charge is -2.34. The lowest BCUT2D eigenvalue weighted by Crippen LogP contribution is -2.42. The Morgan fingerprint density at radius 1 is 0.393 bits per heavy atom. The minimum Gasteiger partial charge on any atom is -0.268 e. The predicted octanol–water partition coefficient (Wildman–Crippen LogP) is 13.1. The minimum atomic E-state index is -0.450. The molecule has 2 aliphatic rings. The predicted molar refractivity (Wildman–Crippen MR) is 229 cm³/mol. The monoisotopic (exact) mass is 778 g/mol. The fourth-order valence-electron chi connectivity index (χ4n) is 9.32. The van der Waals surface area contributed by atoms with E-state index in [2.05, 4.69) is 55.4 Å². The summed E-state index contributed by atoms with van der Waals surface area (Å²) in [4.78, 5) is 61.7. The van der Waals surface area contributed by atoms with Gasteiger partial charge in [-0.2, -0.15) is 0 Å². The maximum Gasteiger partial charge on any atom is 0.266 e. The number of anilines is 2. The van der Waals surface area contributed by atoms with Gasteiger partial charge in [-0.1, -0.05) is 127 Å². The van der Waals surface area contributed by atoms with Gasteiger partial charge in [0.05, 0.1) is 22.5 Å². The number of nitrogens with zero attached hydrogens (tertiary/aromatic N) is 2. The number of carbonyl (C=O) groups excluding carboxylic acids is 4. The number of rotatable bonds is 6. The number of hydrogen-bond donors (Lipinski definition) is 0. The normalized spacial score (nSPS) is 14.6. The van der Waals surface area contributed by atoms with Gasteiger partial charge in [0.2, 0.25) is 0 Å². The molecule has 0 N–H and O–H groups in total. The van der Waals surface area contributed by atoms with Crippen LogP contribution >= 0.6 is 23.2 Å². The number of amides is 4. The first-order valence-electron chi connectivity index (χ1n) is 19.3. The first-order valence-corrected chi connectivity index (χ1v) is 20.0. The van der Waals surface area contributed by atoms with Gasteiger partial charge in [0.1, 0.15) is 0 Å². The lowest BCUT2D eigenvalue weighted by atomic mass is 9.81. The Kier molecular flexibility index (Phi) is 8.18. The lowest BCUT2D eigenvalue weighted by molar-refractivity contribution is 0.0877. The Balaban J connectivity index is 1.33. The summed E-state index contributed by atoms with van der Waals surface area (Å²) in [5, 5.41) is 5.55. The van der Waals surface area contributed by atoms with Crippen LogP contribution in [-0.4, -0.2) is 23.6 Å². The van der Waals surface area contributed by atoms with Crippen molar-refractivity contribution >= 4 is 101 Å². The summed E-state index contributed by atoms with van der Waals surface area (Å²) in [5.74, 6) is -1.47. The molecule has 6 nitrogen and oxygen atoms in total. The number of hydrogen-bond acceptors (Lipinski definition) is 4. The average molecular weight is 780 g/mol. The fourth-order valence-corrected chi connectivity index (χ4v) is 9.93. The Bertz CT molecular complexity index is 2760. The van der Waals surface area contributed by atoms with Crippen LogP contribution in [0.15, 0.2) is 72.8 Å². The molecule has 0 unspecified atom stereocenters. The van der Waals surface area contributed by atoms with Crippen LogP contribution in [0.5, 0.6) is 0 Å². The molecule has 280 valence electrons. The van der Waals surface area contributed by atoms with Crippen molar-refractivity contribution in [2.75, 3.05) is 9.80 Å². The summed E-state index contributed by atoms with van der Waals surface area (Å²) >= 11 is 14.5. The maximum absolute atomic E-state index is 14.8. The van der Waals surface area contributed by atoms with Gasteiger partial charge < -0.3 is 0 Å². The molecule has 8 heteroatoms. The molecular weight excluding hydrogens is 739 g/mol. The standard InChI is InChI=1S/C48H40Cl2N2O4/c1-21(2)25-11-9-12-26(22(3)4)43(25)51-45(53)31-17-15-29-37-30(16-18-32(38(31)37)46(51)54)41-36(50)20-34-39-33(19-35(49)40(29)42(39)41)47(55)52(48(34)56)44-27(23(5)6)13-10-14-28(44)24(7)8/h9-24H,1-8H3. The quantitative estimate of drug-likeness (QED) is 0.0957. The molecule has 0 saturated heterocycles. The third-order valence-electron chi connectivity index (χ3n) is 11.9. The van der Waals surface area contributed by atoms with E-state index in [4.69, 9.17) is 23.2 Å². The van der Waals surface area contributed by atoms with Gasteiger partial charge >= 0.3 is 0 Å². The van der Waals surface area contributed by atoms with E-state index in [-0.39, 0.29) is 23.7 Å². The molecule has 4 amide bonds. The molecule has 0 fully saturated rings. The molecule has 0 aliphatic carbocycles. The summed E-state index contributed by atoms with van der Waals surface area (Å²) < 4.78 is 0. The highest BCUT2D eigenvalue weighted by Gasteiger charge is 2.41. The molecule has 0 bridgehead atoms. The van der Waals surface area contributed by atoms with Gasteiger partial charge in [-0.15, -0.1) is 0 Å². The zero-order valence-corrected chi connectivity index (χ0v) is 34.0. The summed E-state index contributed by atoms with van der Waals surface area (Å²) in [6.45, 7) is 16.5. The maximum atomic E-state index is 14.8. The fraction of sp³-hybridized carbons (Fsp3) is 0.250. The minimum absolute atomic E-state index is 0.0416. The molecule has 0 saturated carbocycles. The molecule has 7 aromatic carbocycles.